The van der Waals surface area contributed by atoms with Gasteiger partial charge < -0.3 is 20.3 Å². The Labute approximate surface area is 218 Å². The topological polar surface area (TPSA) is 81.0 Å². The predicted molar refractivity (Wildman–Crippen MR) is 144 cm³/mol. The van der Waals surface area contributed by atoms with Crippen LogP contribution in [0.4, 0.5) is 0 Å². The van der Waals surface area contributed by atoms with Gasteiger partial charge in [0.25, 0.3) is 0 Å². The quantitative estimate of drug-likeness (QED) is 0.507. The molecule has 7 atom stereocenters. The van der Waals surface area contributed by atoms with Crippen molar-refractivity contribution < 1.29 is 14.1 Å². The lowest BCUT2D eigenvalue weighted by atomic mass is 9.76. The lowest BCUT2D eigenvalue weighted by Crippen LogP contribution is -2.58. The van der Waals surface area contributed by atoms with E-state index in [1.54, 1.807) is 6.34 Å². The second-order valence-electron chi connectivity index (χ2n) is 11.1. The summed E-state index contributed by atoms with van der Waals surface area (Å²) in [6.45, 7) is 8.99. The summed E-state index contributed by atoms with van der Waals surface area (Å²) in [6.07, 6.45) is 18.4. The third-order valence-corrected chi connectivity index (χ3v) is 8.57. The van der Waals surface area contributed by atoms with Crippen LogP contribution in [0.5, 0.6) is 0 Å². The van der Waals surface area contributed by atoms with E-state index in [1.165, 1.54) is 5.57 Å². The van der Waals surface area contributed by atoms with Gasteiger partial charge in [-0.2, -0.15) is 0 Å². The number of nitrogens with zero attached hydrogens (tertiary/aromatic N) is 3. The zero-order valence-electron chi connectivity index (χ0n) is 22.2. The smallest absolute Gasteiger partial charge is 0.303 e. The average Bonchev–Trinajstić information content (AvgIpc) is 3.29. The molecule has 194 valence electrons. The summed E-state index contributed by atoms with van der Waals surface area (Å²) in [5.74, 6) is 1.99. The van der Waals surface area contributed by atoms with Gasteiger partial charge in [-0.1, -0.05) is 45.9 Å². The number of likely N-dealkylation sites (N-methyl/N-ethyl adjacent to an activating group) is 1. The highest BCUT2D eigenvalue weighted by Crippen LogP contribution is 2.38. The molecule has 3 N–H and O–H groups in total. The Morgan fingerprint density at radius 3 is 2.86 bits per heavy atom. The van der Waals surface area contributed by atoms with E-state index in [0.717, 1.165) is 35.0 Å². The summed E-state index contributed by atoms with van der Waals surface area (Å²) in [4.78, 5) is 19.1. The van der Waals surface area contributed by atoms with Crippen LogP contribution in [0.1, 0.15) is 34.1 Å². The molecular weight excluding hydrogens is 464 g/mol. The first kappa shape index (κ1) is 24.0. The fraction of sp³-hybridized carbons (Fsp3) is 0.483. The van der Waals surface area contributed by atoms with Gasteiger partial charge in [-0.15, -0.1) is 0 Å². The van der Waals surface area contributed by atoms with Crippen LogP contribution in [-0.4, -0.2) is 59.4 Å². The predicted octanol–water partition coefficient (Wildman–Crippen LogP) is 2.72. The lowest BCUT2D eigenvalue weighted by molar-refractivity contribution is -0.445. The summed E-state index contributed by atoms with van der Waals surface area (Å²) >= 11 is 0. The SMILES string of the molecule is CC1C=CN2C=C(C3=CC(C)C4OCC(=O)NC4C3C)[N+](C)=C(NC3=CC=C4NC=NC4C3C)C2=CC1. The molecule has 8 heteroatoms. The number of amidine groups is 1. The molecule has 0 spiro atoms. The zero-order chi connectivity index (χ0) is 25.8. The van der Waals surface area contributed by atoms with Gasteiger partial charge in [-0.05, 0) is 24.5 Å². The summed E-state index contributed by atoms with van der Waals surface area (Å²) < 4.78 is 8.23. The van der Waals surface area contributed by atoms with Crippen molar-refractivity contribution in [3.05, 3.63) is 71.1 Å². The maximum Gasteiger partial charge on any atom is 0.303 e. The Kier molecular flexibility index (Phi) is 5.94. The molecular formula is C29H37N6O2+. The summed E-state index contributed by atoms with van der Waals surface area (Å²) in [5.41, 5.74) is 5.79. The van der Waals surface area contributed by atoms with Crippen LogP contribution in [0.25, 0.3) is 0 Å². The highest BCUT2D eigenvalue weighted by atomic mass is 16.5. The van der Waals surface area contributed by atoms with Gasteiger partial charge in [0, 0.05) is 35.2 Å². The van der Waals surface area contributed by atoms with Crippen molar-refractivity contribution in [3.8, 4) is 0 Å². The minimum atomic E-state index is -0.0454. The van der Waals surface area contributed by atoms with Crippen LogP contribution in [0.2, 0.25) is 0 Å². The number of ether oxygens (including phenoxy) is 1. The molecule has 0 aromatic heterocycles. The molecule has 6 aliphatic rings. The van der Waals surface area contributed by atoms with E-state index in [0.29, 0.717) is 5.92 Å². The number of allylic oxidation sites excluding steroid dienone is 5. The second kappa shape index (κ2) is 9.17. The van der Waals surface area contributed by atoms with E-state index in [1.807, 2.05) is 0 Å². The highest BCUT2D eigenvalue weighted by Gasteiger charge is 2.44. The molecule has 0 aromatic rings. The van der Waals surface area contributed by atoms with Gasteiger partial charge in [0.05, 0.1) is 31.7 Å². The highest BCUT2D eigenvalue weighted by molar-refractivity contribution is 5.96. The minimum Gasteiger partial charge on any atom is -0.366 e. The fourth-order valence-corrected chi connectivity index (χ4v) is 6.27. The third-order valence-electron chi connectivity index (χ3n) is 8.57. The van der Waals surface area contributed by atoms with Crippen molar-refractivity contribution in [1.82, 2.24) is 20.9 Å². The molecule has 0 saturated carbocycles. The molecule has 8 nitrogen and oxygen atoms in total. The van der Waals surface area contributed by atoms with E-state index in [2.05, 4.69) is 108 Å². The molecule has 1 fully saturated rings. The molecule has 1 saturated heterocycles. The summed E-state index contributed by atoms with van der Waals surface area (Å²) in [7, 11) is 2.13. The number of morpholine rings is 1. The van der Waals surface area contributed by atoms with E-state index >= 15 is 0 Å². The number of aliphatic imine (C=N–C) groups is 1. The van der Waals surface area contributed by atoms with Crippen molar-refractivity contribution in [3.63, 3.8) is 0 Å². The zero-order valence-corrected chi connectivity index (χ0v) is 22.2. The van der Waals surface area contributed by atoms with Crippen molar-refractivity contribution in [2.45, 2.75) is 52.3 Å². The third kappa shape index (κ3) is 4.07. The minimum absolute atomic E-state index is 0.00304. The first-order valence-corrected chi connectivity index (χ1v) is 13.4. The monoisotopic (exact) mass is 501 g/mol. The average molecular weight is 502 g/mol. The first-order chi connectivity index (χ1) is 17.8. The van der Waals surface area contributed by atoms with Crippen molar-refractivity contribution >= 4 is 18.1 Å². The van der Waals surface area contributed by atoms with Crippen LogP contribution in [0.15, 0.2) is 76.1 Å². The normalized spacial score (nSPS) is 36.6. The summed E-state index contributed by atoms with van der Waals surface area (Å²) in [5, 5.41) is 10.3. The van der Waals surface area contributed by atoms with E-state index < -0.39 is 0 Å². The number of amides is 1. The van der Waals surface area contributed by atoms with Gasteiger partial charge in [0.15, 0.2) is 0 Å². The van der Waals surface area contributed by atoms with E-state index in [-0.39, 0.29) is 48.5 Å². The maximum atomic E-state index is 12.2. The Morgan fingerprint density at radius 1 is 1.19 bits per heavy atom. The Hall–Kier alpha value is -3.39. The van der Waals surface area contributed by atoms with Crippen molar-refractivity contribution in [1.29, 1.82) is 0 Å². The molecule has 1 amide bonds. The Balaban J connectivity index is 1.41. The second-order valence-corrected chi connectivity index (χ2v) is 11.1. The number of carbonyl (C=O) groups excluding carboxylic acids is 1. The van der Waals surface area contributed by atoms with Gasteiger partial charge in [-0.3, -0.25) is 9.79 Å². The van der Waals surface area contributed by atoms with E-state index in [9.17, 15) is 4.79 Å². The molecule has 2 aliphatic carbocycles. The number of nitrogens with one attached hydrogen (secondary N) is 3. The largest absolute Gasteiger partial charge is 0.366 e. The number of rotatable bonds is 2. The molecule has 4 heterocycles. The first-order valence-electron chi connectivity index (χ1n) is 13.4. The van der Waals surface area contributed by atoms with Crippen LogP contribution in [0, 0.1) is 23.7 Å². The van der Waals surface area contributed by atoms with Crippen LogP contribution in [0.3, 0.4) is 0 Å². The summed E-state index contributed by atoms with van der Waals surface area (Å²) in [6, 6.07) is 0.0703. The Morgan fingerprint density at radius 2 is 2.03 bits per heavy atom. The molecule has 0 bridgehead atoms. The standard InChI is InChI=1S/C29H36N6O2/c1-16-6-9-23-29(32-21-7-8-22-26(19(21)4)31-15-30-22)34(5)24(13-35(23)11-10-16)20-12-17(2)28-27(18(20)3)33-25(36)14-37-28/h7-13,15-19,26-28H,6,14H2,1-5H3,(H2,30,31,33,36)/p+1. The number of hydrogen-bond acceptors (Lipinski definition) is 6. The number of hydrogen-bond donors (Lipinski definition) is 3. The Bertz CT molecular complexity index is 1260. The van der Waals surface area contributed by atoms with Gasteiger partial charge in [-0.25, -0.2) is 9.89 Å². The molecule has 6 rings (SSSR count). The van der Waals surface area contributed by atoms with Gasteiger partial charge in [0.1, 0.15) is 29.7 Å². The maximum absolute atomic E-state index is 12.2. The molecule has 0 aromatic carbocycles. The van der Waals surface area contributed by atoms with Gasteiger partial charge >= 0.3 is 5.84 Å². The van der Waals surface area contributed by atoms with Gasteiger partial charge in [0.2, 0.25) is 5.91 Å². The number of carbonyl (C=O) groups is 1. The van der Waals surface area contributed by atoms with Crippen LogP contribution >= 0.6 is 0 Å². The molecule has 4 aliphatic heterocycles. The van der Waals surface area contributed by atoms with Crippen LogP contribution < -0.4 is 16.0 Å². The van der Waals surface area contributed by atoms with Crippen molar-refractivity contribution in [2.24, 2.45) is 28.7 Å². The lowest BCUT2D eigenvalue weighted by Gasteiger charge is -2.43. The molecule has 7 unspecified atom stereocenters. The van der Waals surface area contributed by atoms with E-state index in [4.69, 9.17) is 4.74 Å². The molecule has 0 radical (unpaired) electrons. The molecule has 37 heavy (non-hydrogen) atoms. The number of fused-ring (bicyclic) bond motifs is 3. The van der Waals surface area contributed by atoms with Crippen LogP contribution in [-0.2, 0) is 9.53 Å². The van der Waals surface area contributed by atoms with Crippen molar-refractivity contribution in [2.75, 3.05) is 13.7 Å². The fourth-order valence-electron chi connectivity index (χ4n) is 6.27.